The van der Waals surface area contributed by atoms with Gasteiger partial charge in [-0.1, -0.05) is 11.6 Å². The van der Waals surface area contributed by atoms with Crippen LogP contribution >= 0.6 is 23.8 Å². The molecule has 1 heterocycles. The van der Waals surface area contributed by atoms with Crippen molar-refractivity contribution >= 4 is 66.0 Å². The van der Waals surface area contributed by atoms with Gasteiger partial charge in [-0.3, -0.25) is 4.72 Å². The number of nitrogens with zero attached hydrogens (tertiary/aromatic N) is 1. The normalized spacial score (nSPS) is 14.5. The number of hydrogen-bond donors (Lipinski definition) is 3. The van der Waals surface area contributed by atoms with E-state index in [-0.39, 0.29) is 20.7 Å². The van der Waals surface area contributed by atoms with Crippen molar-refractivity contribution in [2.24, 2.45) is 0 Å². The fourth-order valence-corrected chi connectivity index (χ4v) is 6.44. The van der Waals surface area contributed by atoms with Crippen molar-refractivity contribution in [3.8, 4) is 5.75 Å². The van der Waals surface area contributed by atoms with E-state index in [2.05, 4.69) is 15.4 Å². The van der Waals surface area contributed by atoms with Gasteiger partial charge >= 0.3 is 0 Å². The van der Waals surface area contributed by atoms with Gasteiger partial charge in [0.1, 0.15) is 5.75 Å². The van der Waals surface area contributed by atoms with Crippen LogP contribution in [0.15, 0.2) is 76.5 Å². The molecule has 38 heavy (non-hydrogen) atoms. The van der Waals surface area contributed by atoms with Crippen LogP contribution in [0.5, 0.6) is 5.75 Å². The minimum Gasteiger partial charge on any atom is -0.495 e. The summed E-state index contributed by atoms with van der Waals surface area (Å²) < 4.78 is 65.7. The van der Waals surface area contributed by atoms with Crippen molar-refractivity contribution in [1.82, 2.24) is 4.31 Å². The molecule has 1 saturated heterocycles. The van der Waals surface area contributed by atoms with Gasteiger partial charge in [-0.25, -0.2) is 16.8 Å². The number of methoxy groups -OCH3 is 1. The highest BCUT2D eigenvalue weighted by molar-refractivity contribution is 7.92. The number of thiocarbonyl (C=S) groups is 1. The first kappa shape index (κ1) is 28.1. The highest BCUT2D eigenvalue weighted by Crippen LogP contribution is 2.29. The van der Waals surface area contributed by atoms with Crippen LogP contribution in [0.25, 0.3) is 0 Å². The van der Waals surface area contributed by atoms with Crippen molar-refractivity contribution in [1.29, 1.82) is 0 Å². The quantitative estimate of drug-likeness (QED) is 0.331. The lowest BCUT2D eigenvalue weighted by atomic mass is 10.3. The summed E-state index contributed by atoms with van der Waals surface area (Å²) in [6, 6.07) is 16.8. The SMILES string of the molecule is COc1cc(S(=O)(=O)Nc2ccc(Cl)cc2)ccc1NC(=S)Nc1ccc(S(=O)(=O)N2CCOCC2)cc1. The zero-order chi connectivity index (χ0) is 27.3. The lowest BCUT2D eigenvalue weighted by Crippen LogP contribution is -2.40. The lowest BCUT2D eigenvalue weighted by Gasteiger charge is -2.26. The Balaban J connectivity index is 1.42. The molecule has 202 valence electrons. The minimum absolute atomic E-state index is 0.00852. The Kier molecular flexibility index (Phi) is 8.75. The van der Waals surface area contributed by atoms with Gasteiger partial charge < -0.3 is 20.1 Å². The number of rotatable bonds is 8. The highest BCUT2D eigenvalue weighted by atomic mass is 35.5. The summed E-state index contributed by atoms with van der Waals surface area (Å²) in [5.41, 5.74) is 1.36. The van der Waals surface area contributed by atoms with Gasteiger partial charge in [0.05, 0.1) is 35.8 Å². The van der Waals surface area contributed by atoms with Gasteiger partial charge in [0.25, 0.3) is 10.0 Å². The fraction of sp³-hybridized carbons (Fsp3) is 0.208. The standard InChI is InChI=1S/C24H25ClN4O6S3/c1-34-23-16-21(37(30,31)28-19-4-2-17(25)3-5-19)10-11-22(23)27-24(36)26-18-6-8-20(9-7-18)38(32,33)29-12-14-35-15-13-29/h2-11,16,28H,12-15H2,1H3,(H2,26,27,36). The first-order valence-electron chi connectivity index (χ1n) is 11.3. The van der Waals surface area contributed by atoms with Crippen LogP contribution in [0.2, 0.25) is 5.02 Å². The van der Waals surface area contributed by atoms with Crippen molar-refractivity contribution in [3.63, 3.8) is 0 Å². The van der Waals surface area contributed by atoms with Crippen LogP contribution in [0, 0.1) is 0 Å². The molecule has 0 radical (unpaired) electrons. The zero-order valence-corrected chi connectivity index (χ0v) is 23.4. The summed E-state index contributed by atoms with van der Waals surface area (Å²) in [5.74, 6) is 0.250. The van der Waals surface area contributed by atoms with Crippen LogP contribution in [0.3, 0.4) is 0 Å². The molecule has 3 N–H and O–H groups in total. The van der Waals surface area contributed by atoms with Crippen molar-refractivity contribution in [2.75, 3.05) is 48.8 Å². The molecule has 0 unspecified atom stereocenters. The number of nitrogens with one attached hydrogen (secondary N) is 3. The van der Waals surface area contributed by atoms with Crippen molar-refractivity contribution in [2.45, 2.75) is 9.79 Å². The minimum atomic E-state index is -3.89. The van der Waals surface area contributed by atoms with Crippen LogP contribution in [-0.4, -0.2) is 59.7 Å². The monoisotopic (exact) mass is 596 g/mol. The molecule has 3 aromatic rings. The van der Waals surface area contributed by atoms with Crippen LogP contribution in [0.1, 0.15) is 0 Å². The van der Waals surface area contributed by atoms with Gasteiger partial charge in [-0.2, -0.15) is 4.31 Å². The van der Waals surface area contributed by atoms with Crippen molar-refractivity contribution < 1.29 is 26.3 Å². The number of ether oxygens (including phenoxy) is 2. The van der Waals surface area contributed by atoms with Gasteiger partial charge in [0.15, 0.2) is 5.11 Å². The first-order chi connectivity index (χ1) is 18.1. The van der Waals surface area contributed by atoms with Crippen molar-refractivity contribution in [3.05, 3.63) is 71.8 Å². The fourth-order valence-electron chi connectivity index (χ4n) is 3.60. The van der Waals surface area contributed by atoms with Gasteiger partial charge in [0.2, 0.25) is 10.0 Å². The van der Waals surface area contributed by atoms with Crippen LogP contribution < -0.4 is 20.1 Å². The van der Waals surface area contributed by atoms with E-state index in [4.69, 9.17) is 33.3 Å². The Bertz CT molecular complexity index is 1510. The Labute approximate surface area is 232 Å². The topological polar surface area (TPSA) is 126 Å². The number of anilines is 3. The van der Waals surface area contributed by atoms with E-state index in [9.17, 15) is 16.8 Å². The maximum Gasteiger partial charge on any atom is 0.262 e. The van der Waals surface area contributed by atoms with E-state index in [1.165, 1.54) is 41.7 Å². The molecule has 1 fully saturated rings. The lowest BCUT2D eigenvalue weighted by molar-refractivity contribution is 0.0730. The largest absolute Gasteiger partial charge is 0.495 e. The number of benzene rings is 3. The Morgan fingerprint density at radius 1 is 0.895 bits per heavy atom. The molecule has 1 aliphatic rings. The molecular weight excluding hydrogens is 572 g/mol. The number of morpholine rings is 1. The van der Waals surface area contributed by atoms with E-state index in [0.29, 0.717) is 48.4 Å². The zero-order valence-electron chi connectivity index (χ0n) is 20.2. The third-order valence-electron chi connectivity index (χ3n) is 5.55. The maximum absolute atomic E-state index is 12.8. The molecule has 0 bridgehead atoms. The second-order valence-electron chi connectivity index (χ2n) is 8.09. The summed E-state index contributed by atoms with van der Waals surface area (Å²) in [6.45, 7) is 1.37. The summed E-state index contributed by atoms with van der Waals surface area (Å²) in [4.78, 5) is 0.167. The smallest absolute Gasteiger partial charge is 0.262 e. The number of halogens is 1. The van der Waals surface area contributed by atoms with E-state index in [0.717, 1.165) is 0 Å². The Hall–Kier alpha value is -2.94. The van der Waals surface area contributed by atoms with E-state index in [1.54, 1.807) is 36.4 Å². The molecule has 0 saturated carbocycles. The van der Waals surface area contributed by atoms with E-state index >= 15 is 0 Å². The first-order valence-corrected chi connectivity index (χ1v) is 15.0. The molecule has 0 spiro atoms. The van der Waals surface area contributed by atoms with Crippen LogP contribution in [0.4, 0.5) is 17.1 Å². The van der Waals surface area contributed by atoms with E-state index < -0.39 is 20.0 Å². The van der Waals surface area contributed by atoms with E-state index in [1.807, 2.05) is 0 Å². The second kappa shape index (κ2) is 11.8. The Morgan fingerprint density at radius 2 is 1.50 bits per heavy atom. The predicted octanol–water partition coefficient (Wildman–Crippen LogP) is 3.98. The molecule has 1 aliphatic heterocycles. The second-order valence-corrected chi connectivity index (χ2v) is 12.6. The van der Waals surface area contributed by atoms with Crippen LogP contribution in [-0.2, 0) is 24.8 Å². The third kappa shape index (κ3) is 6.73. The van der Waals surface area contributed by atoms with Gasteiger partial charge in [-0.05, 0) is 72.9 Å². The molecular formula is C24H25ClN4O6S3. The summed E-state index contributed by atoms with van der Waals surface area (Å²) in [7, 11) is -6.08. The molecule has 0 atom stereocenters. The number of hydrogen-bond acceptors (Lipinski definition) is 7. The summed E-state index contributed by atoms with van der Waals surface area (Å²) >= 11 is 11.2. The maximum atomic E-state index is 12.8. The summed E-state index contributed by atoms with van der Waals surface area (Å²) in [5, 5.41) is 6.63. The average molecular weight is 597 g/mol. The number of sulfonamides is 2. The molecule has 0 aliphatic carbocycles. The Morgan fingerprint density at radius 3 is 2.13 bits per heavy atom. The molecule has 3 aromatic carbocycles. The molecule has 0 amide bonds. The van der Waals surface area contributed by atoms with Gasteiger partial charge in [0, 0.05) is 35.6 Å². The highest BCUT2D eigenvalue weighted by Gasteiger charge is 2.26. The average Bonchev–Trinajstić information content (AvgIpc) is 2.91. The third-order valence-corrected chi connectivity index (χ3v) is 9.30. The predicted molar refractivity (Wildman–Crippen MR) is 151 cm³/mol. The summed E-state index contributed by atoms with van der Waals surface area (Å²) in [6.07, 6.45) is 0. The molecule has 10 nitrogen and oxygen atoms in total. The molecule has 14 heteroatoms. The molecule has 4 rings (SSSR count). The van der Waals surface area contributed by atoms with Gasteiger partial charge in [-0.15, -0.1) is 0 Å². The molecule has 0 aromatic heterocycles.